The second-order valence-electron chi connectivity index (χ2n) is 4.53. The van der Waals surface area contributed by atoms with Gasteiger partial charge in [0.1, 0.15) is 0 Å². The van der Waals surface area contributed by atoms with Crippen molar-refractivity contribution in [2.75, 3.05) is 6.61 Å². The highest BCUT2D eigenvalue weighted by Gasteiger charge is 2.00. The standard InChI is InChI=1S/C13H28O/c1-3-4-10-13(2)11-8-6-5-7-9-12-14/h13-14H,3-12H2,1-2H3. The molecule has 0 aliphatic carbocycles. The van der Waals surface area contributed by atoms with E-state index in [9.17, 15) is 0 Å². The number of hydrogen-bond acceptors (Lipinski definition) is 1. The minimum Gasteiger partial charge on any atom is -0.396 e. The summed E-state index contributed by atoms with van der Waals surface area (Å²) in [5, 5.41) is 8.61. The summed E-state index contributed by atoms with van der Waals surface area (Å²) >= 11 is 0. The van der Waals surface area contributed by atoms with E-state index in [1.165, 1.54) is 51.4 Å². The maximum Gasteiger partial charge on any atom is 0.0431 e. The molecule has 1 nitrogen and oxygen atoms in total. The fraction of sp³-hybridized carbons (Fsp3) is 1.00. The maximum absolute atomic E-state index is 8.61. The summed E-state index contributed by atoms with van der Waals surface area (Å²) in [6.07, 6.45) is 11.8. The lowest BCUT2D eigenvalue weighted by Gasteiger charge is -2.09. The molecule has 0 aromatic carbocycles. The lowest BCUT2D eigenvalue weighted by molar-refractivity contribution is 0.282. The van der Waals surface area contributed by atoms with Crippen LogP contribution >= 0.6 is 0 Å². The zero-order chi connectivity index (χ0) is 10.6. The molecule has 1 N–H and O–H groups in total. The van der Waals surface area contributed by atoms with E-state index in [1.807, 2.05) is 0 Å². The van der Waals surface area contributed by atoms with Gasteiger partial charge < -0.3 is 5.11 Å². The van der Waals surface area contributed by atoms with Gasteiger partial charge in [0.15, 0.2) is 0 Å². The van der Waals surface area contributed by atoms with Gasteiger partial charge in [0, 0.05) is 6.61 Å². The van der Waals surface area contributed by atoms with Crippen molar-refractivity contribution in [3.8, 4) is 0 Å². The van der Waals surface area contributed by atoms with Gasteiger partial charge in [-0.25, -0.2) is 0 Å². The molecule has 0 aliphatic rings. The molecular formula is C13H28O. The van der Waals surface area contributed by atoms with Crippen LogP contribution in [-0.2, 0) is 0 Å². The Bertz CT molecular complexity index is 101. The Morgan fingerprint density at radius 3 is 2.07 bits per heavy atom. The molecule has 0 aromatic rings. The molecule has 0 rings (SSSR count). The molecule has 0 saturated heterocycles. The predicted molar refractivity (Wildman–Crippen MR) is 63.5 cm³/mol. The molecule has 0 radical (unpaired) electrons. The average Bonchev–Trinajstić information content (AvgIpc) is 2.20. The number of aliphatic hydroxyl groups is 1. The third kappa shape index (κ3) is 10.0. The summed E-state index contributed by atoms with van der Waals surface area (Å²) in [4.78, 5) is 0. The quantitative estimate of drug-likeness (QED) is 0.525. The number of rotatable bonds is 10. The second-order valence-corrected chi connectivity index (χ2v) is 4.53. The van der Waals surface area contributed by atoms with Gasteiger partial charge in [0.05, 0.1) is 0 Å². The third-order valence-corrected chi connectivity index (χ3v) is 2.91. The SMILES string of the molecule is CCCCC(C)CCCCCCCO. The van der Waals surface area contributed by atoms with E-state index in [2.05, 4.69) is 13.8 Å². The Morgan fingerprint density at radius 1 is 0.857 bits per heavy atom. The van der Waals surface area contributed by atoms with Crippen LogP contribution in [0.25, 0.3) is 0 Å². The van der Waals surface area contributed by atoms with Gasteiger partial charge in [-0.1, -0.05) is 65.2 Å². The first-order valence-electron chi connectivity index (χ1n) is 6.42. The molecule has 0 aliphatic heterocycles. The van der Waals surface area contributed by atoms with E-state index in [0.717, 1.165) is 12.3 Å². The molecule has 1 heteroatoms. The van der Waals surface area contributed by atoms with Crippen molar-refractivity contribution in [1.29, 1.82) is 0 Å². The van der Waals surface area contributed by atoms with Crippen molar-refractivity contribution in [1.82, 2.24) is 0 Å². The zero-order valence-corrected chi connectivity index (χ0v) is 10.1. The van der Waals surface area contributed by atoms with Gasteiger partial charge in [-0.3, -0.25) is 0 Å². The highest BCUT2D eigenvalue weighted by atomic mass is 16.2. The first-order valence-corrected chi connectivity index (χ1v) is 6.42. The Labute approximate surface area is 89.9 Å². The molecule has 0 saturated carbocycles. The average molecular weight is 200 g/mol. The van der Waals surface area contributed by atoms with E-state index in [4.69, 9.17) is 5.11 Å². The van der Waals surface area contributed by atoms with Crippen molar-refractivity contribution in [3.05, 3.63) is 0 Å². The molecule has 0 spiro atoms. The normalized spacial score (nSPS) is 13.1. The molecule has 1 unspecified atom stereocenters. The second kappa shape index (κ2) is 11.0. The smallest absolute Gasteiger partial charge is 0.0431 e. The minimum absolute atomic E-state index is 0.368. The van der Waals surface area contributed by atoms with Crippen LogP contribution in [-0.4, -0.2) is 11.7 Å². The van der Waals surface area contributed by atoms with E-state index in [0.29, 0.717) is 6.61 Å². The van der Waals surface area contributed by atoms with Crippen LogP contribution in [0.3, 0.4) is 0 Å². The first-order chi connectivity index (χ1) is 6.81. The van der Waals surface area contributed by atoms with E-state index >= 15 is 0 Å². The van der Waals surface area contributed by atoms with Crippen LogP contribution in [0.2, 0.25) is 0 Å². The summed E-state index contributed by atoms with van der Waals surface area (Å²) in [6, 6.07) is 0. The molecule has 14 heavy (non-hydrogen) atoms. The maximum atomic E-state index is 8.61. The first kappa shape index (κ1) is 14.0. The topological polar surface area (TPSA) is 20.2 Å². The van der Waals surface area contributed by atoms with Gasteiger partial charge in [0.2, 0.25) is 0 Å². The van der Waals surface area contributed by atoms with Crippen LogP contribution in [0.5, 0.6) is 0 Å². The lowest BCUT2D eigenvalue weighted by Crippen LogP contribution is -1.94. The van der Waals surface area contributed by atoms with Gasteiger partial charge in [0.25, 0.3) is 0 Å². The summed E-state index contributed by atoms with van der Waals surface area (Å²) in [6.45, 7) is 5.01. The van der Waals surface area contributed by atoms with Crippen molar-refractivity contribution >= 4 is 0 Å². The lowest BCUT2D eigenvalue weighted by atomic mass is 9.97. The number of unbranched alkanes of at least 4 members (excludes halogenated alkanes) is 5. The molecular weight excluding hydrogens is 172 g/mol. The van der Waals surface area contributed by atoms with Crippen LogP contribution in [0.4, 0.5) is 0 Å². The van der Waals surface area contributed by atoms with Crippen molar-refractivity contribution in [2.24, 2.45) is 5.92 Å². The van der Waals surface area contributed by atoms with E-state index < -0.39 is 0 Å². The Hall–Kier alpha value is -0.0400. The molecule has 0 aromatic heterocycles. The van der Waals surface area contributed by atoms with Gasteiger partial charge >= 0.3 is 0 Å². The highest BCUT2D eigenvalue weighted by molar-refractivity contribution is 4.54. The van der Waals surface area contributed by atoms with Crippen LogP contribution in [0.1, 0.15) is 71.6 Å². The largest absolute Gasteiger partial charge is 0.396 e. The van der Waals surface area contributed by atoms with Gasteiger partial charge in [-0.15, -0.1) is 0 Å². The molecule has 1 atom stereocenters. The van der Waals surface area contributed by atoms with E-state index in [-0.39, 0.29) is 0 Å². The fourth-order valence-electron chi connectivity index (χ4n) is 1.83. The van der Waals surface area contributed by atoms with Gasteiger partial charge in [-0.05, 0) is 12.3 Å². The minimum atomic E-state index is 0.368. The monoisotopic (exact) mass is 200 g/mol. The van der Waals surface area contributed by atoms with Crippen molar-refractivity contribution in [3.63, 3.8) is 0 Å². The molecule has 86 valence electrons. The van der Waals surface area contributed by atoms with Crippen LogP contribution in [0.15, 0.2) is 0 Å². The van der Waals surface area contributed by atoms with Crippen molar-refractivity contribution in [2.45, 2.75) is 71.6 Å². The number of aliphatic hydroxyl groups excluding tert-OH is 1. The predicted octanol–water partition coefficient (Wildman–Crippen LogP) is 4.15. The zero-order valence-electron chi connectivity index (χ0n) is 10.1. The van der Waals surface area contributed by atoms with E-state index in [1.54, 1.807) is 0 Å². The highest BCUT2D eigenvalue weighted by Crippen LogP contribution is 2.16. The van der Waals surface area contributed by atoms with Crippen molar-refractivity contribution < 1.29 is 5.11 Å². The number of hydrogen-bond donors (Lipinski definition) is 1. The third-order valence-electron chi connectivity index (χ3n) is 2.91. The van der Waals surface area contributed by atoms with Crippen LogP contribution in [0, 0.1) is 5.92 Å². The Kier molecular flexibility index (Phi) is 11.0. The molecule has 0 heterocycles. The Balaban J connectivity index is 3.02. The summed E-state index contributed by atoms with van der Waals surface area (Å²) in [5.74, 6) is 0.924. The van der Waals surface area contributed by atoms with Gasteiger partial charge in [-0.2, -0.15) is 0 Å². The molecule has 0 amide bonds. The Morgan fingerprint density at radius 2 is 1.43 bits per heavy atom. The summed E-state index contributed by atoms with van der Waals surface area (Å²) in [7, 11) is 0. The molecule has 0 bridgehead atoms. The summed E-state index contributed by atoms with van der Waals surface area (Å²) in [5.41, 5.74) is 0. The van der Waals surface area contributed by atoms with Crippen LogP contribution < -0.4 is 0 Å². The summed E-state index contributed by atoms with van der Waals surface area (Å²) < 4.78 is 0. The fourth-order valence-corrected chi connectivity index (χ4v) is 1.83. The molecule has 0 fully saturated rings.